The summed E-state index contributed by atoms with van der Waals surface area (Å²) in [7, 11) is 0. The quantitative estimate of drug-likeness (QED) is 0.622. The molecule has 1 aromatic heterocycles. The zero-order valence-corrected chi connectivity index (χ0v) is 10.9. The van der Waals surface area contributed by atoms with Crippen molar-refractivity contribution in [3.63, 3.8) is 0 Å². The van der Waals surface area contributed by atoms with E-state index in [1.54, 1.807) is 0 Å². The molecule has 104 valence electrons. The first kappa shape index (κ1) is 13.9. The average Bonchev–Trinajstić information content (AvgIpc) is 2.40. The van der Waals surface area contributed by atoms with Gasteiger partial charge in [0.2, 0.25) is 0 Å². The number of aromatic nitrogens is 1. The van der Waals surface area contributed by atoms with Gasteiger partial charge in [0.1, 0.15) is 0 Å². The third kappa shape index (κ3) is 3.50. The molecule has 0 saturated heterocycles. The second-order valence-electron chi connectivity index (χ2n) is 4.24. The summed E-state index contributed by atoms with van der Waals surface area (Å²) < 4.78 is 18.8. The fourth-order valence-electron chi connectivity index (χ4n) is 1.72. The maximum Gasteiger partial charge on any atom is 0.272 e. The van der Waals surface area contributed by atoms with Gasteiger partial charge < -0.3 is 4.74 Å². The minimum Gasteiger partial charge on any atom is -0.490 e. The highest BCUT2D eigenvalue weighted by Gasteiger charge is 2.11. The molecule has 5 nitrogen and oxygen atoms in total. The molecule has 0 bridgehead atoms. The highest BCUT2D eigenvalue weighted by molar-refractivity contribution is 5.37. The van der Waals surface area contributed by atoms with Crippen LogP contribution in [0, 0.1) is 22.9 Å². The van der Waals surface area contributed by atoms with Gasteiger partial charge in [0.25, 0.3) is 5.69 Å². The molecule has 6 heteroatoms. The van der Waals surface area contributed by atoms with Gasteiger partial charge in [-0.05, 0) is 25.1 Å². The Morgan fingerprint density at radius 3 is 2.80 bits per heavy atom. The van der Waals surface area contributed by atoms with Crippen LogP contribution in [0.2, 0.25) is 0 Å². The second kappa shape index (κ2) is 6.10. The number of rotatable bonds is 5. The van der Waals surface area contributed by atoms with Gasteiger partial charge in [-0.1, -0.05) is 6.07 Å². The fraction of sp³-hybridized carbons (Fsp3) is 0.214. The number of nitro benzene ring substituents is 1. The lowest BCUT2D eigenvalue weighted by Gasteiger charge is -2.07. The number of nitrogens with zero attached hydrogens (tertiary/aromatic N) is 2. The molecule has 0 saturated carbocycles. The van der Waals surface area contributed by atoms with E-state index in [-0.39, 0.29) is 18.0 Å². The summed E-state index contributed by atoms with van der Waals surface area (Å²) >= 11 is 0. The first-order valence-electron chi connectivity index (χ1n) is 6.05. The lowest BCUT2D eigenvalue weighted by atomic mass is 10.2. The zero-order valence-electron chi connectivity index (χ0n) is 10.9. The largest absolute Gasteiger partial charge is 0.490 e. The van der Waals surface area contributed by atoms with Gasteiger partial charge in [0.05, 0.1) is 17.6 Å². The van der Waals surface area contributed by atoms with Crippen molar-refractivity contribution < 1.29 is 14.1 Å². The van der Waals surface area contributed by atoms with E-state index >= 15 is 0 Å². The van der Waals surface area contributed by atoms with Crippen LogP contribution in [0.4, 0.5) is 10.1 Å². The molecule has 20 heavy (non-hydrogen) atoms. The van der Waals surface area contributed by atoms with E-state index in [1.807, 2.05) is 25.1 Å². The van der Waals surface area contributed by atoms with Crippen molar-refractivity contribution >= 4 is 5.69 Å². The van der Waals surface area contributed by atoms with Crippen LogP contribution < -0.4 is 4.74 Å². The Hall–Kier alpha value is -2.50. The molecule has 0 unspecified atom stereocenters. The Balaban J connectivity index is 1.96. The predicted octanol–water partition coefficient (Wildman–Crippen LogP) is 3.06. The smallest absolute Gasteiger partial charge is 0.272 e. The summed E-state index contributed by atoms with van der Waals surface area (Å²) in [5, 5.41) is 10.5. The summed E-state index contributed by atoms with van der Waals surface area (Å²) in [6.45, 7) is 2.14. The summed E-state index contributed by atoms with van der Waals surface area (Å²) in [5.74, 6) is -0.736. The Labute approximate surface area is 115 Å². The lowest BCUT2D eigenvalue weighted by Crippen LogP contribution is -2.04. The molecule has 1 aromatic carbocycles. The monoisotopic (exact) mass is 276 g/mol. The molecule has 2 rings (SSSR count). The van der Waals surface area contributed by atoms with E-state index < -0.39 is 10.7 Å². The minimum atomic E-state index is -0.739. The Bertz CT molecular complexity index is 632. The van der Waals surface area contributed by atoms with Gasteiger partial charge in [0, 0.05) is 23.9 Å². The van der Waals surface area contributed by atoms with Crippen molar-refractivity contribution in [2.45, 2.75) is 13.3 Å². The van der Waals surface area contributed by atoms with Crippen LogP contribution in [0.3, 0.4) is 0 Å². The molecule has 0 amide bonds. The van der Waals surface area contributed by atoms with Crippen LogP contribution in [-0.4, -0.2) is 16.5 Å². The van der Waals surface area contributed by atoms with Crippen LogP contribution in [0.25, 0.3) is 0 Å². The van der Waals surface area contributed by atoms with E-state index in [2.05, 4.69) is 4.98 Å². The van der Waals surface area contributed by atoms with Gasteiger partial charge >= 0.3 is 0 Å². The molecule has 0 aliphatic carbocycles. The number of nitro groups is 1. The van der Waals surface area contributed by atoms with Crippen LogP contribution in [0.1, 0.15) is 11.4 Å². The van der Waals surface area contributed by atoms with Crippen LogP contribution >= 0.6 is 0 Å². The third-order valence-electron chi connectivity index (χ3n) is 2.69. The van der Waals surface area contributed by atoms with Crippen LogP contribution in [0.5, 0.6) is 5.75 Å². The van der Waals surface area contributed by atoms with E-state index in [0.29, 0.717) is 6.42 Å². The fourth-order valence-corrected chi connectivity index (χ4v) is 1.72. The van der Waals surface area contributed by atoms with Crippen molar-refractivity contribution in [1.82, 2.24) is 4.98 Å². The van der Waals surface area contributed by atoms with Crippen molar-refractivity contribution in [1.29, 1.82) is 0 Å². The Morgan fingerprint density at radius 1 is 1.35 bits per heavy atom. The average molecular weight is 276 g/mol. The van der Waals surface area contributed by atoms with E-state index in [4.69, 9.17) is 4.74 Å². The number of pyridine rings is 1. The molecule has 0 fully saturated rings. The molecule has 0 spiro atoms. The summed E-state index contributed by atoms with van der Waals surface area (Å²) in [4.78, 5) is 14.1. The van der Waals surface area contributed by atoms with Crippen molar-refractivity contribution in [3.8, 4) is 5.75 Å². The summed E-state index contributed by atoms with van der Waals surface area (Å²) in [6, 6.07) is 8.97. The topological polar surface area (TPSA) is 65.3 Å². The van der Waals surface area contributed by atoms with Crippen molar-refractivity contribution in [2.75, 3.05) is 6.61 Å². The molecule has 1 heterocycles. The molecular formula is C14H13FN2O3. The van der Waals surface area contributed by atoms with Crippen LogP contribution in [-0.2, 0) is 6.42 Å². The van der Waals surface area contributed by atoms with Crippen molar-refractivity contribution in [2.24, 2.45) is 0 Å². The minimum absolute atomic E-state index is 0.00301. The second-order valence-corrected chi connectivity index (χ2v) is 4.24. The first-order chi connectivity index (χ1) is 9.56. The van der Waals surface area contributed by atoms with Gasteiger partial charge in [-0.2, -0.15) is 0 Å². The number of hydrogen-bond acceptors (Lipinski definition) is 4. The summed E-state index contributed by atoms with van der Waals surface area (Å²) in [6.07, 6.45) is 0.540. The standard InChI is InChI=1S/C14H13FN2O3/c1-10-3-2-4-11(16-10)7-8-20-14-6-5-12(17(18)19)9-13(14)15/h2-6,9H,7-8H2,1H3. The SMILES string of the molecule is Cc1cccc(CCOc2ccc([N+](=O)[O-])cc2F)n1. The number of ether oxygens (including phenoxy) is 1. The van der Waals surface area contributed by atoms with Crippen molar-refractivity contribution in [3.05, 3.63) is 63.7 Å². The molecule has 0 atom stereocenters. The zero-order chi connectivity index (χ0) is 14.5. The lowest BCUT2D eigenvalue weighted by molar-refractivity contribution is -0.385. The van der Waals surface area contributed by atoms with Gasteiger partial charge in [-0.15, -0.1) is 0 Å². The van der Waals surface area contributed by atoms with E-state index in [9.17, 15) is 14.5 Å². The highest BCUT2D eigenvalue weighted by atomic mass is 19.1. The molecule has 0 aliphatic rings. The predicted molar refractivity (Wildman–Crippen MR) is 71.2 cm³/mol. The van der Waals surface area contributed by atoms with E-state index in [0.717, 1.165) is 17.5 Å². The molecule has 0 radical (unpaired) electrons. The highest BCUT2D eigenvalue weighted by Crippen LogP contribution is 2.22. The molecule has 0 N–H and O–H groups in total. The number of aryl methyl sites for hydroxylation is 1. The normalized spacial score (nSPS) is 10.3. The van der Waals surface area contributed by atoms with Gasteiger partial charge in [-0.3, -0.25) is 15.1 Å². The Kier molecular flexibility index (Phi) is 4.24. The van der Waals surface area contributed by atoms with E-state index in [1.165, 1.54) is 12.1 Å². The van der Waals surface area contributed by atoms with Gasteiger partial charge in [-0.25, -0.2) is 4.39 Å². The molecule has 2 aromatic rings. The summed E-state index contributed by atoms with van der Waals surface area (Å²) in [5.41, 5.74) is 1.46. The maximum atomic E-state index is 13.6. The molecule has 0 aliphatic heterocycles. The number of benzene rings is 1. The van der Waals surface area contributed by atoms with Gasteiger partial charge in [0.15, 0.2) is 11.6 Å². The van der Waals surface area contributed by atoms with Crippen LogP contribution in [0.15, 0.2) is 36.4 Å². The molecular weight excluding hydrogens is 263 g/mol. The Morgan fingerprint density at radius 2 is 2.15 bits per heavy atom. The third-order valence-corrected chi connectivity index (χ3v) is 2.69. The number of hydrogen-bond donors (Lipinski definition) is 0. The first-order valence-corrected chi connectivity index (χ1v) is 6.05. The maximum absolute atomic E-state index is 13.6. The number of halogens is 1. The number of non-ortho nitro benzene ring substituents is 1.